The van der Waals surface area contributed by atoms with E-state index in [-0.39, 0.29) is 0 Å². The van der Waals surface area contributed by atoms with Gasteiger partial charge in [-0.1, -0.05) is 53.6 Å². The molecule has 0 radical (unpaired) electrons. The van der Waals surface area contributed by atoms with E-state index < -0.39 is 0 Å². The average Bonchev–Trinajstić information content (AvgIpc) is 2.68. The first-order valence-corrected chi connectivity index (χ1v) is 9.51. The number of ether oxygens (including phenoxy) is 2. The van der Waals surface area contributed by atoms with Crippen LogP contribution in [0.3, 0.4) is 0 Å². The van der Waals surface area contributed by atoms with Gasteiger partial charge in [-0.2, -0.15) is 0 Å². The molecule has 0 saturated heterocycles. The molecule has 3 aromatic rings. The third-order valence-electron chi connectivity index (χ3n) is 4.47. The highest BCUT2D eigenvalue weighted by Gasteiger charge is 2.12. The van der Waals surface area contributed by atoms with E-state index in [9.17, 15) is 0 Å². The number of rotatable bonds is 6. The molecule has 0 saturated carbocycles. The lowest BCUT2D eigenvalue weighted by Gasteiger charge is -2.13. The second kappa shape index (κ2) is 8.94. The minimum absolute atomic E-state index is 0.423. The molecule has 3 rings (SSSR count). The van der Waals surface area contributed by atoms with Crippen LogP contribution in [0.25, 0.3) is 0 Å². The number of nitrogens with zero attached hydrogens (tertiary/aromatic N) is 1. The van der Waals surface area contributed by atoms with Crippen molar-refractivity contribution in [2.24, 2.45) is 4.99 Å². The van der Waals surface area contributed by atoms with Gasteiger partial charge in [0.05, 0.1) is 17.8 Å². The standard InChI is InChI=1S/C24H24ClNO2/c1-16-6-9-19(10-7-16)15-28-24-21(25)12-20(13-23(24)27-4)14-26-22-11-17(2)5-8-18(22)3/h5-14H,15H2,1-4H3. The third-order valence-corrected chi connectivity index (χ3v) is 4.75. The summed E-state index contributed by atoms with van der Waals surface area (Å²) in [7, 11) is 1.61. The van der Waals surface area contributed by atoms with Gasteiger partial charge in [-0.25, -0.2) is 0 Å². The molecule has 0 N–H and O–H groups in total. The molecular formula is C24H24ClNO2. The molecular weight excluding hydrogens is 370 g/mol. The van der Waals surface area contributed by atoms with Crippen LogP contribution in [0.5, 0.6) is 11.5 Å². The summed E-state index contributed by atoms with van der Waals surface area (Å²) in [4.78, 5) is 4.60. The van der Waals surface area contributed by atoms with Crippen molar-refractivity contribution in [1.29, 1.82) is 0 Å². The summed E-state index contributed by atoms with van der Waals surface area (Å²) in [6, 6.07) is 18.1. The Labute approximate surface area is 171 Å². The molecule has 144 valence electrons. The second-order valence-electron chi connectivity index (χ2n) is 6.86. The zero-order valence-corrected chi connectivity index (χ0v) is 17.4. The van der Waals surface area contributed by atoms with Gasteiger partial charge in [0.1, 0.15) is 6.61 Å². The van der Waals surface area contributed by atoms with E-state index in [0.29, 0.717) is 23.1 Å². The predicted molar refractivity (Wildman–Crippen MR) is 117 cm³/mol. The predicted octanol–water partition coefficient (Wildman–Crippen LogP) is 6.60. The lowest BCUT2D eigenvalue weighted by atomic mass is 10.1. The maximum absolute atomic E-state index is 6.48. The minimum atomic E-state index is 0.423. The van der Waals surface area contributed by atoms with Crippen LogP contribution in [-0.4, -0.2) is 13.3 Å². The Balaban J connectivity index is 1.81. The van der Waals surface area contributed by atoms with E-state index in [4.69, 9.17) is 21.1 Å². The van der Waals surface area contributed by atoms with Gasteiger partial charge in [0.25, 0.3) is 0 Å². The Morgan fingerprint density at radius 2 is 1.64 bits per heavy atom. The summed E-state index contributed by atoms with van der Waals surface area (Å²) in [5, 5.41) is 0.494. The van der Waals surface area contributed by atoms with E-state index in [1.807, 2.05) is 31.2 Å². The molecule has 3 nitrogen and oxygen atoms in total. The molecule has 0 amide bonds. The molecule has 28 heavy (non-hydrogen) atoms. The van der Waals surface area contributed by atoms with Gasteiger partial charge in [-0.15, -0.1) is 0 Å². The fraction of sp³-hybridized carbons (Fsp3) is 0.208. The van der Waals surface area contributed by atoms with Crippen molar-refractivity contribution in [3.8, 4) is 11.5 Å². The lowest BCUT2D eigenvalue weighted by Crippen LogP contribution is -1.99. The Morgan fingerprint density at radius 3 is 2.36 bits per heavy atom. The van der Waals surface area contributed by atoms with Gasteiger partial charge in [0, 0.05) is 6.21 Å². The van der Waals surface area contributed by atoms with Crippen molar-refractivity contribution < 1.29 is 9.47 Å². The Morgan fingerprint density at radius 1 is 0.929 bits per heavy atom. The lowest BCUT2D eigenvalue weighted by molar-refractivity contribution is 0.284. The minimum Gasteiger partial charge on any atom is -0.493 e. The van der Waals surface area contributed by atoms with Gasteiger partial charge in [0.2, 0.25) is 0 Å². The van der Waals surface area contributed by atoms with Crippen LogP contribution < -0.4 is 9.47 Å². The molecule has 0 spiro atoms. The first kappa shape index (κ1) is 20.0. The van der Waals surface area contributed by atoms with Gasteiger partial charge >= 0.3 is 0 Å². The number of methoxy groups -OCH3 is 1. The Bertz CT molecular complexity index is 994. The van der Waals surface area contributed by atoms with Crippen LogP contribution in [0.4, 0.5) is 5.69 Å². The molecule has 0 aliphatic heterocycles. The highest BCUT2D eigenvalue weighted by Crippen LogP contribution is 2.36. The fourth-order valence-corrected chi connectivity index (χ4v) is 3.07. The van der Waals surface area contributed by atoms with Crippen molar-refractivity contribution >= 4 is 23.5 Å². The molecule has 0 bridgehead atoms. The van der Waals surface area contributed by atoms with Crippen molar-refractivity contribution in [2.75, 3.05) is 7.11 Å². The summed E-state index contributed by atoms with van der Waals surface area (Å²) in [5.74, 6) is 1.12. The maximum atomic E-state index is 6.48. The largest absolute Gasteiger partial charge is 0.493 e. The normalized spacial score (nSPS) is 11.0. The van der Waals surface area contributed by atoms with Crippen molar-refractivity contribution in [3.63, 3.8) is 0 Å². The second-order valence-corrected chi connectivity index (χ2v) is 7.26. The zero-order valence-electron chi connectivity index (χ0n) is 16.6. The summed E-state index contributed by atoms with van der Waals surface area (Å²) in [5.41, 5.74) is 6.38. The third kappa shape index (κ3) is 4.93. The first-order chi connectivity index (χ1) is 13.5. The van der Waals surface area contributed by atoms with E-state index in [2.05, 4.69) is 49.2 Å². The Kier molecular flexibility index (Phi) is 6.37. The molecule has 0 aliphatic carbocycles. The maximum Gasteiger partial charge on any atom is 0.180 e. The number of benzene rings is 3. The first-order valence-electron chi connectivity index (χ1n) is 9.13. The van der Waals surface area contributed by atoms with Crippen LogP contribution in [0, 0.1) is 20.8 Å². The van der Waals surface area contributed by atoms with E-state index >= 15 is 0 Å². The van der Waals surface area contributed by atoms with Crippen LogP contribution in [0.2, 0.25) is 5.02 Å². The molecule has 3 aromatic carbocycles. The molecule has 0 aliphatic rings. The van der Waals surface area contributed by atoms with Crippen LogP contribution in [-0.2, 0) is 6.61 Å². The topological polar surface area (TPSA) is 30.8 Å². The van der Waals surface area contributed by atoms with Crippen molar-refractivity contribution in [1.82, 2.24) is 0 Å². The van der Waals surface area contributed by atoms with E-state index in [0.717, 1.165) is 22.4 Å². The number of aliphatic imine (C=N–C) groups is 1. The molecule has 0 heterocycles. The zero-order chi connectivity index (χ0) is 20.1. The molecule has 0 fully saturated rings. The number of aryl methyl sites for hydroxylation is 3. The van der Waals surface area contributed by atoms with Crippen molar-refractivity contribution in [3.05, 3.63) is 87.4 Å². The van der Waals surface area contributed by atoms with Gasteiger partial charge in [-0.3, -0.25) is 4.99 Å². The molecule has 0 aromatic heterocycles. The highest BCUT2D eigenvalue weighted by atomic mass is 35.5. The monoisotopic (exact) mass is 393 g/mol. The quantitative estimate of drug-likeness (QED) is 0.441. The van der Waals surface area contributed by atoms with Gasteiger partial charge < -0.3 is 9.47 Å². The number of hydrogen-bond acceptors (Lipinski definition) is 3. The van der Waals surface area contributed by atoms with Crippen LogP contribution in [0.15, 0.2) is 59.6 Å². The SMILES string of the molecule is COc1cc(C=Nc2cc(C)ccc2C)cc(Cl)c1OCc1ccc(C)cc1. The summed E-state index contributed by atoms with van der Waals surface area (Å²) in [6.45, 7) is 6.58. The van der Waals surface area contributed by atoms with E-state index in [1.165, 1.54) is 11.1 Å². The van der Waals surface area contributed by atoms with E-state index in [1.54, 1.807) is 13.3 Å². The number of halogens is 1. The molecule has 0 atom stereocenters. The molecule has 0 unspecified atom stereocenters. The van der Waals surface area contributed by atoms with Crippen LogP contribution >= 0.6 is 11.6 Å². The Hall–Kier alpha value is -2.78. The molecule has 4 heteroatoms. The summed E-state index contributed by atoms with van der Waals surface area (Å²) >= 11 is 6.48. The van der Waals surface area contributed by atoms with Crippen molar-refractivity contribution in [2.45, 2.75) is 27.4 Å². The highest BCUT2D eigenvalue weighted by molar-refractivity contribution is 6.32. The summed E-state index contributed by atoms with van der Waals surface area (Å²) < 4.78 is 11.4. The van der Waals surface area contributed by atoms with Gasteiger partial charge in [0.15, 0.2) is 11.5 Å². The average molecular weight is 394 g/mol. The number of hydrogen-bond donors (Lipinski definition) is 0. The fourth-order valence-electron chi connectivity index (χ4n) is 2.80. The smallest absolute Gasteiger partial charge is 0.180 e. The summed E-state index contributed by atoms with van der Waals surface area (Å²) in [6.07, 6.45) is 1.79. The van der Waals surface area contributed by atoms with Crippen LogP contribution in [0.1, 0.15) is 27.8 Å². The van der Waals surface area contributed by atoms with Gasteiger partial charge in [-0.05, 0) is 61.2 Å².